The maximum atomic E-state index is 12.7. The van der Waals surface area contributed by atoms with Gasteiger partial charge >= 0.3 is 12.1 Å². The van der Waals surface area contributed by atoms with Crippen molar-refractivity contribution in [3.8, 4) is 11.1 Å². The van der Waals surface area contributed by atoms with Crippen LogP contribution in [0.5, 0.6) is 0 Å². The molecule has 2 aromatic carbocycles. The molecule has 2 aliphatic rings. The molecule has 2 amide bonds. The largest absolute Gasteiger partial charge is 0.480 e. The smallest absolute Gasteiger partial charge is 0.407 e. The highest BCUT2D eigenvalue weighted by Crippen LogP contribution is 2.44. The van der Waals surface area contributed by atoms with Crippen LogP contribution in [0.1, 0.15) is 68.9 Å². The molecular formula is C27H32N2O5. The Hall–Kier alpha value is -3.35. The van der Waals surface area contributed by atoms with E-state index in [1.165, 1.54) is 0 Å². The van der Waals surface area contributed by atoms with Gasteiger partial charge < -0.3 is 20.5 Å². The molecule has 180 valence electrons. The first kappa shape index (κ1) is 23.8. The zero-order chi connectivity index (χ0) is 24.1. The van der Waals surface area contributed by atoms with Crippen LogP contribution in [-0.4, -0.2) is 41.3 Å². The standard InChI is InChI=1S/C27H32N2O5/c1-2-9-18(16-24(30)29-27(25(31)32)14-7-8-15-27)28-26(33)34-17-23-21-12-5-3-10-19(21)20-11-4-6-13-22(20)23/h3-6,10-13,18,23H,2,7-9,14-17H2,1H3,(H,28,33)(H,29,30)(H,31,32)/t18-/m0/s1. The van der Waals surface area contributed by atoms with Crippen LogP contribution >= 0.6 is 0 Å². The fourth-order valence-electron chi connectivity index (χ4n) is 5.29. The summed E-state index contributed by atoms with van der Waals surface area (Å²) in [5.74, 6) is -1.39. The van der Waals surface area contributed by atoms with Crippen molar-refractivity contribution in [2.24, 2.45) is 0 Å². The average molecular weight is 465 g/mol. The predicted molar refractivity (Wildman–Crippen MR) is 128 cm³/mol. The number of aliphatic carboxylic acids is 1. The van der Waals surface area contributed by atoms with Gasteiger partial charge in [-0.15, -0.1) is 0 Å². The maximum Gasteiger partial charge on any atom is 0.407 e. The van der Waals surface area contributed by atoms with Gasteiger partial charge in [-0.1, -0.05) is 74.7 Å². The third-order valence-corrected chi connectivity index (χ3v) is 6.98. The van der Waals surface area contributed by atoms with Crippen LogP contribution in [0.2, 0.25) is 0 Å². The summed E-state index contributed by atoms with van der Waals surface area (Å²) in [4.78, 5) is 37.0. The lowest BCUT2D eigenvalue weighted by molar-refractivity contribution is -0.147. The van der Waals surface area contributed by atoms with Gasteiger partial charge in [0.15, 0.2) is 0 Å². The number of benzene rings is 2. The molecular weight excluding hydrogens is 432 g/mol. The van der Waals surface area contributed by atoms with E-state index in [-0.39, 0.29) is 24.9 Å². The Bertz CT molecular complexity index is 1010. The number of hydrogen-bond donors (Lipinski definition) is 3. The lowest BCUT2D eigenvalue weighted by Gasteiger charge is -2.27. The minimum absolute atomic E-state index is 0.0209. The van der Waals surface area contributed by atoms with Crippen molar-refractivity contribution in [3.63, 3.8) is 0 Å². The first-order chi connectivity index (χ1) is 16.4. The summed E-state index contributed by atoms with van der Waals surface area (Å²) in [7, 11) is 0. The van der Waals surface area contributed by atoms with Crippen LogP contribution in [-0.2, 0) is 14.3 Å². The molecule has 0 radical (unpaired) electrons. The average Bonchev–Trinajstić information content (AvgIpc) is 3.41. The Morgan fingerprint density at radius 1 is 1.03 bits per heavy atom. The minimum atomic E-state index is -1.18. The monoisotopic (exact) mass is 464 g/mol. The molecule has 0 aromatic heterocycles. The molecule has 7 heteroatoms. The van der Waals surface area contributed by atoms with Gasteiger partial charge in [0.2, 0.25) is 5.91 Å². The summed E-state index contributed by atoms with van der Waals surface area (Å²) < 4.78 is 5.61. The normalized spacial score (nSPS) is 16.9. The molecule has 3 N–H and O–H groups in total. The van der Waals surface area contributed by atoms with Crippen LogP contribution in [0.25, 0.3) is 11.1 Å². The Kier molecular flexibility index (Phi) is 7.20. The zero-order valence-corrected chi connectivity index (χ0v) is 19.5. The van der Waals surface area contributed by atoms with Crippen LogP contribution in [0.4, 0.5) is 4.79 Å². The Labute approximate surface area is 199 Å². The molecule has 7 nitrogen and oxygen atoms in total. The first-order valence-electron chi connectivity index (χ1n) is 12.1. The lowest BCUT2D eigenvalue weighted by atomic mass is 9.97. The van der Waals surface area contributed by atoms with Gasteiger partial charge in [0.1, 0.15) is 12.1 Å². The zero-order valence-electron chi connectivity index (χ0n) is 19.5. The molecule has 0 aliphatic heterocycles. The van der Waals surface area contributed by atoms with Gasteiger partial charge in [-0.2, -0.15) is 0 Å². The second kappa shape index (κ2) is 10.3. The SMILES string of the molecule is CCC[C@@H](CC(=O)NC1(C(=O)O)CCCC1)NC(=O)OCC1c2ccccc2-c2ccccc21. The number of rotatable bonds is 9. The van der Waals surface area contributed by atoms with Crippen molar-refractivity contribution in [3.05, 3.63) is 59.7 Å². The molecule has 2 aliphatic carbocycles. The number of hydrogen-bond acceptors (Lipinski definition) is 4. The quantitative estimate of drug-likeness (QED) is 0.503. The summed E-state index contributed by atoms with van der Waals surface area (Å²) in [6.45, 7) is 2.17. The Morgan fingerprint density at radius 2 is 1.62 bits per heavy atom. The lowest BCUT2D eigenvalue weighted by Crippen LogP contribution is -2.53. The van der Waals surface area contributed by atoms with Gasteiger partial charge in [0, 0.05) is 18.4 Å². The van der Waals surface area contributed by atoms with Crippen LogP contribution < -0.4 is 10.6 Å². The van der Waals surface area contributed by atoms with Crippen molar-refractivity contribution in [1.82, 2.24) is 10.6 Å². The number of ether oxygens (including phenoxy) is 1. The molecule has 4 rings (SSSR count). The number of carbonyl (C=O) groups excluding carboxylic acids is 2. The van der Waals surface area contributed by atoms with E-state index in [2.05, 4.69) is 34.9 Å². The molecule has 1 fully saturated rings. The first-order valence-corrected chi connectivity index (χ1v) is 12.1. The Morgan fingerprint density at radius 3 is 2.18 bits per heavy atom. The number of carboxylic acid groups (broad SMARTS) is 1. The highest BCUT2D eigenvalue weighted by atomic mass is 16.5. The van der Waals surface area contributed by atoms with Crippen LogP contribution in [0, 0.1) is 0 Å². The van der Waals surface area contributed by atoms with E-state index in [9.17, 15) is 19.5 Å². The third kappa shape index (κ3) is 4.93. The minimum Gasteiger partial charge on any atom is -0.480 e. The summed E-state index contributed by atoms with van der Waals surface area (Å²) in [5, 5.41) is 15.1. The van der Waals surface area contributed by atoms with E-state index >= 15 is 0 Å². The predicted octanol–water partition coefficient (Wildman–Crippen LogP) is 4.60. The van der Waals surface area contributed by atoms with E-state index in [1.807, 2.05) is 31.2 Å². The number of nitrogens with one attached hydrogen (secondary N) is 2. The van der Waals surface area contributed by atoms with Crippen molar-refractivity contribution < 1.29 is 24.2 Å². The van der Waals surface area contributed by atoms with Gasteiger partial charge in [0.05, 0.1) is 0 Å². The summed E-state index contributed by atoms with van der Waals surface area (Å²) in [6.07, 6.45) is 3.25. The molecule has 1 saturated carbocycles. The maximum absolute atomic E-state index is 12.7. The molecule has 0 unspecified atom stereocenters. The van der Waals surface area contributed by atoms with E-state index in [1.54, 1.807) is 0 Å². The summed E-state index contributed by atoms with van der Waals surface area (Å²) in [5.41, 5.74) is 3.41. The van der Waals surface area contributed by atoms with Crippen LogP contribution in [0.3, 0.4) is 0 Å². The fourth-order valence-corrected chi connectivity index (χ4v) is 5.29. The highest BCUT2D eigenvalue weighted by Gasteiger charge is 2.42. The van der Waals surface area contributed by atoms with Gasteiger partial charge in [0.25, 0.3) is 0 Å². The highest BCUT2D eigenvalue weighted by molar-refractivity contribution is 5.87. The second-order valence-electron chi connectivity index (χ2n) is 9.30. The van der Waals surface area contributed by atoms with E-state index in [4.69, 9.17) is 4.74 Å². The third-order valence-electron chi connectivity index (χ3n) is 6.98. The molecule has 1 atom stereocenters. The fraction of sp³-hybridized carbons (Fsp3) is 0.444. The van der Waals surface area contributed by atoms with Gasteiger partial charge in [-0.05, 0) is 41.5 Å². The van der Waals surface area contributed by atoms with Crippen LogP contribution in [0.15, 0.2) is 48.5 Å². The van der Waals surface area contributed by atoms with Crippen molar-refractivity contribution >= 4 is 18.0 Å². The van der Waals surface area contributed by atoms with Gasteiger partial charge in [-0.25, -0.2) is 9.59 Å². The van der Waals surface area contributed by atoms with Gasteiger partial charge in [-0.3, -0.25) is 4.79 Å². The van der Waals surface area contributed by atoms with E-state index in [0.29, 0.717) is 19.3 Å². The topological polar surface area (TPSA) is 105 Å². The van der Waals surface area contributed by atoms with E-state index in [0.717, 1.165) is 41.5 Å². The Balaban J connectivity index is 1.35. The van der Waals surface area contributed by atoms with Crippen molar-refractivity contribution in [2.45, 2.75) is 69.4 Å². The molecule has 0 spiro atoms. The summed E-state index contributed by atoms with van der Waals surface area (Å²) >= 11 is 0. The number of amides is 2. The number of carbonyl (C=O) groups is 3. The van der Waals surface area contributed by atoms with Crippen molar-refractivity contribution in [2.75, 3.05) is 6.61 Å². The van der Waals surface area contributed by atoms with E-state index < -0.39 is 23.6 Å². The molecule has 34 heavy (non-hydrogen) atoms. The van der Waals surface area contributed by atoms with Crippen molar-refractivity contribution in [1.29, 1.82) is 0 Å². The number of fused-ring (bicyclic) bond motifs is 3. The molecule has 0 saturated heterocycles. The number of carboxylic acids is 1. The summed E-state index contributed by atoms with van der Waals surface area (Å²) in [6, 6.07) is 15.9. The molecule has 0 bridgehead atoms. The molecule has 2 aromatic rings. The second-order valence-corrected chi connectivity index (χ2v) is 9.30. The number of alkyl carbamates (subject to hydrolysis) is 1. The molecule has 0 heterocycles.